The van der Waals surface area contributed by atoms with Crippen LogP contribution in [0.4, 0.5) is 5.69 Å². The summed E-state index contributed by atoms with van der Waals surface area (Å²) in [6, 6.07) is 8.72. The highest BCUT2D eigenvalue weighted by molar-refractivity contribution is 9.10. The van der Waals surface area contributed by atoms with Crippen molar-refractivity contribution in [2.75, 3.05) is 24.5 Å². The summed E-state index contributed by atoms with van der Waals surface area (Å²) >= 11 is 3.64. The third kappa shape index (κ3) is 4.50. The summed E-state index contributed by atoms with van der Waals surface area (Å²) in [6.45, 7) is 5.39. The van der Waals surface area contributed by atoms with E-state index in [-0.39, 0.29) is 0 Å². The number of rotatable bonds is 5. The Bertz CT molecular complexity index is 727. The van der Waals surface area contributed by atoms with Gasteiger partial charge in [0, 0.05) is 37.2 Å². The van der Waals surface area contributed by atoms with Gasteiger partial charge in [-0.15, -0.1) is 10.2 Å². The van der Waals surface area contributed by atoms with E-state index in [1.54, 1.807) is 6.33 Å². The number of benzene rings is 1. The van der Waals surface area contributed by atoms with E-state index in [9.17, 15) is 0 Å². The van der Waals surface area contributed by atoms with Gasteiger partial charge < -0.3 is 20.1 Å². The van der Waals surface area contributed by atoms with Crippen molar-refractivity contribution in [2.45, 2.75) is 25.9 Å². The van der Waals surface area contributed by atoms with Crippen LogP contribution in [0.3, 0.4) is 0 Å². The fourth-order valence-corrected chi connectivity index (χ4v) is 3.45. The van der Waals surface area contributed by atoms with Crippen LogP contribution in [0.5, 0.6) is 0 Å². The zero-order valence-electron chi connectivity index (χ0n) is 14.6. The standard InChI is InChI=1S/C17H24BrN7/c1-3-19-17(20-10-16-23-21-12-24(16)2)22-13-8-9-25(11-13)15-7-5-4-6-14(15)18/h4-7,12-13H,3,8-11H2,1-2H3,(H2,19,20,22). The predicted octanol–water partition coefficient (Wildman–Crippen LogP) is 1.91. The summed E-state index contributed by atoms with van der Waals surface area (Å²) in [7, 11) is 1.93. The SMILES string of the molecule is CCNC(=NCc1nncn1C)NC1CCN(c2ccccc2Br)C1. The van der Waals surface area contributed by atoms with E-state index in [4.69, 9.17) is 0 Å². The number of halogens is 1. The Hall–Kier alpha value is -2.09. The Morgan fingerprint density at radius 1 is 1.40 bits per heavy atom. The van der Waals surface area contributed by atoms with Gasteiger partial charge in [-0.05, 0) is 41.4 Å². The van der Waals surface area contributed by atoms with Crippen LogP contribution in [-0.4, -0.2) is 46.4 Å². The molecule has 134 valence electrons. The van der Waals surface area contributed by atoms with Gasteiger partial charge in [0.05, 0.1) is 5.69 Å². The molecule has 1 unspecified atom stereocenters. The first-order chi connectivity index (χ1) is 12.2. The Kier molecular flexibility index (Phi) is 5.91. The van der Waals surface area contributed by atoms with Crippen molar-refractivity contribution in [3.63, 3.8) is 0 Å². The van der Waals surface area contributed by atoms with Crippen molar-refractivity contribution in [3.05, 3.63) is 40.9 Å². The number of nitrogens with one attached hydrogen (secondary N) is 2. The number of hydrogen-bond acceptors (Lipinski definition) is 4. The lowest BCUT2D eigenvalue weighted by Gasteiger charge is -2.21. The number of aryl methyl sites for hydroxylation is 1. The van der Waals surface area contributed by atoms with Gasteiger partial charge in [-0.3, -0.25) is 0 Å². The molecular formula is C17H24BrN7. The summed E-state index contributed by atoms with van der Waals surface area (Å²) in [4.78, 5) is 7.04. The highest BCUT2D eigenvalue weighted by Crippen LogP contribution is 2.28. The van der Waals surface area contributed by atoms with E-state index in [1.807, 2.05) is 17.7 Å². The molecule has 7 nitrogen and oxygen atoms in total. The smallest absolute Gasteiger partial charge is 0.191 e. The van der Waals surface area contributed by atoms with E-state index < -0.39 is 0 Å². The highest BCUT2D eigenvalue weighted by atomic mass is 79.9. The van der Waals surface area contributed by atoms with Crippen molar-refractivity contribution >= 4 is 27.6 Å². The molecule has 1 aliphatic rings. The normalized spacial score (nSPS) is 17.8. The molecule has 0 spiro atoms. The molecular weight excluding hydrogens is 382 g/mol. The third-order valence-corrected chi connectivity index (χ3v) is 4.92. The van der Waals surface area contributed by atoms with Crippen molar-refractivity contribution < 1.29 is 0 Å². The Balaban J connectivity index is 1.61. The van der Waals surface area contributed by atoms with E-state index >= 15 is 0 Å². The van der Waals surface area contributed by atoms with Crippen LogP contribution >= 0.6 is 15.9 Å². The molecule has 0 saturated carbocycles. The second-order valence-electron chi connectivity index (χ2n) is 6.08. The van der Waals surface area contributed by atoms with Crippen LogP contribution in [0.1, 0.15) is 19.2 Å². The molecule has 8 heteroatoms. The molecule has 1 aromatic carbocycles. The molecule has 1 atom stereocenters. The molecule has 3 rings (SSSR count). The van der Waals surface area contributed by atoms with Crippen LogP contribution in [0.15, 0.2) is 40.1 Å². The number of para-hydroxylation sites is 1. The maximum absolute atomic E-state index is 4.64. The fourth-order valence-electron chi connectivity index (χ4n) is 2.92. The van der Waals surface area contributed by atoms with Gasteiger partial charge in [0.15, 0.2) is 11.8 Å². The molecule has 0 aliphatic carbocycles. The molecule has 25 heavy (non-hydrogen) atoms. The van der Waals surface area contributed by atoms with Crippen LogP contribution in [-0.2, 0) is 13.6 Å². The van der Waals surface area contributed by atoms with Crippen molar-refractivity contribution in [2.24, 2.45) is 12.0 Å². The number of anilines is 1. The van der Waals surface area contributed by atoms with Gasteiger partial charge in [-0.2, -0.15) is 0 Å². The van der Waals surface area contributed by atoms with Crippen LogP contribution < -0.4 is 15.5 Å². The van der Waals surface area contributed by atoms with Crippen LogP contribution in [0, 0.1) is 0 Å². The second-order valence-corrected chi connectivity index (χ2v) is 6.93. The van der Waals surface area contributed by atoms with Gasteiger partial charge in [-0.25, -0.2) is 4.99 Å². The molecule has 2 aromatic rings. The number of nitrogens with zero attached hydrogens (tertiary/aromatic N) is 5. The molecule has 0 amide bonds. The topological polar surface area (TPSA) is 70.4 Å². The van der Waals surface area contributed by atoms with Crippen molar-refractivity contribution in [1.29, 1.82) is 0 Å². The van der Waals surface area contributed by atoms with Crippen molar-refractivity contribution in [1.82, 2.24) is 25.4 Å². The molecule has 2 heterocycles. The fraction of sp³-hybridized carbons (Fsp3) is 0.471. The predicted molar refractivity (Wildman–Crippen MR) is 104 cm³/mol. The van der Waals surface area contributed by atoms with Gasteiger partial charge in [0.2, 0.25) is 0 Å². The maximum atomic E-state index is 4.64. The summed E-state index contributed by atoms with van der Waals surface area (Å²) in [5, 5.41) is 14.8. The van der Waals surface area contributed by atoms with Gasteiger partial charge in [0.1, 0.15) is 12.9 Å². The summed E-state index contributed by atoms with van der Waals surface area (Å²) in [5.74, 6) is 1.67. The summed E-state index contributed by atoms with van der Waals surface area (Å²) in [6.07, 6.45) is 2.77. The number of aromatic nitrogens is 3. The summed E-state index contributed by atoms with van der Waals surface area (Å²) in [5.41, 5.74) is 1.24. The number of aliphatic imine (C=N–C) groups is 1. The summed E-state index contributed by atoms with van der Waals surface area (Å²) < 4.78 is 3.02. The monoisotopic (exact) mass is 405 g/mol. The zero-order valence-corrected chi connectivity index (χ0v) is 16.2. The average molecular weight is 406 g/mol. The van der Waals surface area contributed by atoms with Gasteiger partial charge in [0.25, 0.3) is 0 Å². The molecule has 0 radical (unpaired) electrons. The molecule has 1 fully saturated rings. The minimum atomic E-state index is 0.365. The largest absolute Gasteiger partial charge is 0.368 e. The second kappa shape index (κ2) is 8.33. The lowest BCUT2D eigenvalue weighted by molar-refractivity contribution is 0.647. The first-order valence-corrected chi connectivity index (χ1v) is 9.34. The first-order valence-electron chi connectivity index (χ1n) is 8.54. The van der Waals surface area contributed by atoms with Crippen LogP contribution in [0.2, 0.25) is 0 Å². The first kappa shape index (κ1) is 17.7. The number of guanidine groups is 1. The Labute approximate surface area is 156 Å². The average Bonchev–Trinajstić information content (AvgIpc) is 3.22. The van der Waals surface area contributed by atoms with Gasteiger partial charge in [-0.1, -0.05) is 12.1 Å². The van der Waals surface area contributed by atoms with E-state index in [0.29, 0.717) is 12.6 Å². The number of hydrogen-bond donors (Lipinski definition) is 2. The van der Waals surface area contributed by atoms with Crippen LogP contribution in [0.25, 0.3) is 0 Å². The molecule has 0 bridgehead atoms. The van der Waals surface area contributed by atoms with E-state index in [1.165, 1.54) is 5.69 Å². The van der Waals surface area contributed by atoms with Crippen molar-refractivity contribution in [3.8, 4) is 0 Å². The minimum Gasteiger partial charge on any atom is -0.368 e. The van der Waals surface area contributed by atoms with E-state index in [2.05, 4.69) is 71.8 Å². The van der Waals surface area contributed by atoms with E-state index in [0.717, 1.165) is 42.3 Å². The molecule has 1 saturated heterocycles. The lowest BCUT2D eigenvalue weighted by atomic mass is 10.3. The Morgan fingerprint density at radius 2 is 2.24 bits per heavy atom. The third-order valence-electron chi connectivity index (χ3n) is 4.25. The quantitative estimate of drug-likeness (QED) is 0.587. The highest BCUT2D eigenvalue weighted by Gasteiger charge is 2.24. The maximum Gasteiger partial charge on any atom is 0.191 e. The minimum absolute atomic E-state index is 0.365. The lowest BCUT2D eigenvalue weighted by Crippen LogP contribution is -2.44. The molecule has 2 N–H and O–H groups in total. The molecule has 1 aromatic heterocycles. The van der Waals surface area contributed by atoms with Gasteiger partial charge >= 0.3 is 0 Å². The Morgan fingerprint density at radius 3 is 2.96 bits per heavy atom. The molecule has 1 aliphatic heterocycles. The zero-order chi connectivity index (χ0) is 17.6.